The predicted molar refractivity (Wildman–Crippen MR) is 105 cm³/mol. The summed E-state index contributed by atoms with van der Waals surface area (Å²) in [5.41, 5.74) is 5.29. The first-order valence-electron chi connectivity index (χ1n) is 9.05. The van der Waals surface area contributed by atoms with E-state index in [2.05, 4.69) is 68.7 Å². The van der Waals surface area contributed by atoms with E-state index in [1.165, 1.54) is 19.3 Å². The van der Waals surface area contributed by atoms with E-state index >= 15 is 0 Å². The fourth-order valence-electron chi connectivity index (χ4n) is 0.451. The maximum Gasteiger partial charge on any atom is 1.00 e. The van der Waals surface area contributed by atoms with Gasteiger partial charge in [-0.3, -0.25) is 0 Å². The van der Waals surface area contributed by atoms with Crippen LogP contribution in [-0.4, -0.2) is 6.04 Å². The molecule has 0 fully saturated rings. The van der Waals surface area contributed by atoms with Crippen molar-refractivity contribution in [3.63, 3.8) is 0 Å². The van der Waals surface area contributed by atoms with Crippen LogP contribution >= 0.6 is 0 Å². The van der Waals surface area contributed by atoms with Gasteiger partial charge in [0.2, 0.25) is 0 Å². The molecule has 136 valence electrons. The number of rotatable bonds is 4. The molecule has 0 heterocycles. The number of unbranched alkanes of at least 4 members (excludes halogenated alkanes) is 1. The first-order valence-corrected chi connectivity index (χ1v) is 9.05. The average molecular weight is 343 g/mol. The summed E-state index contributed by atoms with van der Waals surface area (Å²) in [6.07, 6.45) is 6.96. The molecular weight excluding hydrogens is 293 g/mol. The fraction of sp³-hybridized carbons (Fsp3) is 0.900. The van der Waals surface area contributed by atoms with Crippen molar-refractivity contribution in [1.29, 1.82) is 0 Å². The van der Waals surface area contributed by atoms with Gasteiger partial charge in [0.1, 0.15) is 0 Å². The standard InChI is InChI=1S/C7H14.C4H11N.C4H10.C3H8.C2H6.K/c1-4-5-6-7(2)3;1-3-4(2)5;1-4(2)3;1-3-2;1-2;/h4,7H,2,5-6H2,1,3H3;4H,3,5H2,1-2H3;4H,1-3H3;3H2,1-2H3;1-2H3;/q-2;;;;;+1. The molecule has 0 radical (unpaired) electrons. The summed E-state index contributed by atoms with van der Waals surface area (Å²) in [4.78, 5) is 0. The van der Waals surface area contributed by atoms with Gasteiger partial charge in [-0.15, -0.1) is 6.42 Å². The zero-order valence-corrected chi connectivity index (χ0v) is 21.5. The van der Waals surface area contributed by atoms with Crippen LogP contribution in [0.15, 0.2) is 0 Å². The van der Waals surface area contributed by atoms with E-state index < -0.39 is 0 Å². The summed E-state index contributed by atoms with van der Waals surface area (Å²) in [5, 5.41) is 0. The maximum atomic E-state index is 5.29. The molecule has 0 spiro atoms. The van der Waals surface area contributed by atoms with Gasteiger partial charge in [0.15, 0.2) is 0 Å². The largest absolute Gasteiger partial charge is 1.00 e. The third-order valence-electron chi connectivity index (χ3n) is 1.59. The smallest absolute Gasteiger partial charge is 0.341 e. The van der Waals surface area contributed by atoms with E-state index in [0.717, 1.165) is 12.3 Å². The minimum atomic E-state index is 0. The van der Waals surface area contributed by atoms with Crippen LogP contribution < -0.4 is 57.1 Å². The average Bonchev–Trinajstić information content (AvgIpc) is 2.39. The molecule has 1 nitrogen and oxygen atoms in total. The van der Waals surface area contributed by atoms with Gasteiger partial charge in [-0.2, -0.15) is 19.3 Å². The summed E-state index contributed by atoms with van der Waals surface area (Å²) < 4.78 is 0. The molecule has 0 rings (SSSR count). The molecule has 0 aliphatic carbocycles. The quantitative estimate of drug-likeness (QED) is 0.598. The second kappa shape index (κ2) is 43.3. The van der Waals surface area contributed by atoms with Crippen molar-refractivity contribution >= 4 is 0 Å². The van der Waals surface area contributed by atoms with Crippen LogP contribution in [0.2, 0.25) is 0 Å². The Morgan fingerprint density at radius 2 is 1.18 bits per heavy atom. The third-order valence-corrected chi connectivity index (χ3v) is 1.59. The Morgan fingerprint density at radius 3 is 1.23 bits per heavy atom. The summed E-state index contributed by atoms with van der Waals surface area (Å²) in [5.74, 6) is 1.45. The van der Waals surface area contributed by atoms with Crippen LogP contribution in [0.5, 0.6) is 0 Å². The summed E-state index contributed by atoms with van der Waals surface area (Å²) in [7, 11) is 0. The van der Waals surface area contributed by atoms with Gasteiger partial charge in [-0.25, -0.2) is 0 Å². The van der Waals surface area contributed by atoms with Crippen molar-refractivity contribution in [2.45, 2.75) is 108 Å². The molecule has 2 atom stereocenters. The van der Waals surface area contributed by atoms with Gasteiger partial charge in [0.05, 0.1) is 0 Å². The van der Waals surface area contributed by atoms with Crippen molar-refractivity contribution in [3.8, 4) is 0 Å². The SMILES string of the molecule is CC.CC(C)C.CCC.CCC(C)N.[CH2-]C(C)CC[CH-]C.[K+]. The van der Waals surface area contributed by atoms with E-state index in [1.54, 1.807) is 0 Å². The van der Waals surface area contributed by atoms with Crippen molar-refractivity contribution < 1.29 is 51.4 Å². The summed E-state index contributed by atoms with van der Waals surface area (Å²) >= 11 is 0. The Hall–Kier alpha value is 1.60. The fourth-order valence-corrected chi connectivity index (χ4v) is 0.451. The molecule has 22 heavy (non-hydrogen) atoms. The minimum Gasteiger partial charge on any atom is -0.341 e. The number of hydrogen-bond donors (Lipinski definition) is 1. The van der Waals surface area contributed by atoms with Gasteiger partial charge in [-0.1, -0.05) is 68.7 Å². The Balaban J connectivity index is -0.0000000383. The van der Waals surface area contributed by atoms with Crippen molar-refractivity contribution in [2.24, 2.45) is 17.6 Å². The van der Waals surface area contributed by atoms with Gasteiger partial charge in [0, 0.05) is 6.04 Å². The van der Waals surface area contributed by atoms with Gasteiger partial charge in [-0.05, 0) is 19.3 Å². The molecule has 2 N–H and O–H groups in total. The topological polar surface area (TPSA) is 26.0 Å². The Kier molecular flexibility index (Phi) is 76.6. The Bertz CT molecular complexity index is 110. The molecule has 0 saturated carbocycles. The maximum absolute atomic E-state index is 5.29. The van der Waals surface area contributed by atoms with Crippen molar-refractivity contribution in [1.82, 2.24) is 0 Å². The molecule has 0 amide bonds. The second-order valence-corrected chi connectivity index (χ2v) is 5.92. The predicted octanol–water partition coefficient (Wildman–Crippen LogP) is 4.31. The second-order valence-electron chi connectivity index (χ2n) is 5.92. The van der Waals surface area contributed by atoms with E-state index in [0.29, 0.717) is 12.0 Å². The van der Waals surface area contributed by atoms with Crippen molar-refractivity contribution in [2.75, 3.05) is 0 Å². The van der Waals surface area contributed by atoms with Crippen LogP contribution in [-0.2, 0) is 0 Å². The number of nitrogens with two attached hydrogens (primary N) is 1. The van der Waals surface area contributed by atoms with Gasteiger partial charge < -0.3 is 19.1 Å². The molecule has 0 aromatic heterocycles. The molecule has 2 unspecified atom stereocenters. The summed E-state index contributed by atoms with van der Waals surface area (Å²) in [6.45, 7) is 26.9. The molecule has 0 aromatic carbocycles. The molecule has 0 aromatic rings. The van der Waals surface area contributed by atoms with E-state index in [9.17, 15) is 0 Å². The zero-order valence-electron chi connectivity index (χ0n) is 18.4. The van der Waals surface area contributed by atoms with Crippen LogP contribution in [0, 0.1) is 25.2 Å². The molecule has 0 bridgehead atoms. The van der Waals surface area contributed by atoms with Crippen LogP contribution in [0.25, 0.3) is 0 Å². The van der Waals surface area contributed by atoms with Crippen LogP contribution in [0.1, 0.15) is 102 Å². The molecule has 2 heteroatoms. The van der Waals surface area contributed by atoms with E-state index in [4.69, 9.17) is 5.73 Å². The monoisotopic (exact) mass is 342 g/mol. The molecule has 0 saturated heterocycles. The molecule has 0 aliphatic rings. The minimum absolute atomic E-state index is 0. The Labute approximate surface area is 188 Å². The van der Waals surface area contributed by atoms with E-state index in [-0.39, 0.29) is 51.4 Å². The van der Waals surface area contributed by atoms with Crippen molar-refractivity contribution in [3.05, 3.63) is 13.3 Å². The molecule has 0 aliphatic heterocycles. The normalized spacial score (nSPS) is 10.6. The zero-order chi connectivity index (χ0) is 18.3. The first-order chi connectivity index (χ1) is 9.69. The first kappa shape index (κ1) is 38.9. The van der Waals surface area contributed by atoms with E-state index in [1.807, 2.05) is 20.8 Å². The van der Waals surface area contributed by atoms with Gasteiger partial charge >= 0.3 is 51.4 Å². The van der Waals surface area contributed by atoms with Gasteiger partial charge in [0.25, 0.3) is 0 Å². The third kappa shape index (κ3) is 159. The van der Waals surface area contributed by atoms with Crippen LogP contribution in [0.4, 0.5) is 0 Å². The van der Waals surface area contributed by atoms with Crippen LogP contribution in [0.3, 0.4) is 0 Å². The number of hydrogen-bond acceptors (Lipinski definition) is 1. The molecular formula is C20H49KN-. The Morgan fingerprint density at radius 1 is 0.955 bits per heavy atom. The summed E-state index contributed by atoms with van der Waals surface area (Å²) in [6, 6.07) is 0.384.